The van der Waals surface area contributed by atoms with Crippen LogP contribution in [-0.2, 0) is 0 Å². The highest BCUT2D eigenvalue weighted by Crippen LogP contribution is 2.43. The van der Waals surface area contributed by atoms with Crippen molar-refractivity contribution in [3.05, 3.63) is 164 Å². The zero-order valence-electron chi connectivity index (χ0n) is 24.4. The summed E-state index contributed by atoms with van der Waals surface area (Å²) >= 11 is 0. The Hall–Kier alpha value is -6.06. The molecule has 0 amide bonds. The molecule has 45 heavy (non-hydrogen) atoms. The van der Waals surface area contributed by atoms with Crippen molar-refractivity contribution in [1.29, 1.82) is 0 Å². The molecule has 3 heterocycles. The fraction of sp³-hybridized carbons (Fsp3) is 0. The van der Waals surface area contributed by atoms with Crippen LogP contribution < -0.4 is 4.90 Å². The smallest absolute Gasteiger partial charge is 0.0789 e. The Kier molecular flexibility index (Phi) is 5.00. The Bertz CT molecular complexity index is 2710. The van der Waals surface area contributed by atoms with E-state index in [0.717, 1.165) is 17.1 Å². The maximum atomic E-state index is 2.51. The second kappa shape index (κ2) is 9.22. The van der Waals surface area contributed by atoms with Crippen molar-refractivity contribution in [2.24, 2.45) is 0 Å². The van der Waals surface area contributed by atoms with Crippen LogP contribution in [0.5, 0.6) is 0 Å². The van der Waals surface area contributed by atoms with Gasteiger partial charge in [-0.05, 0) is 60.7 Å². The summed E-state index contributed by atoms with van der Waals surface area (Å²) in [5.41, 5.74) is 10.7. The van der Waals surface area contributed by atoms with Crippen LogP contribution in [0.4, 0.5) is 17.1 Å². The van der Waals surface area contributed by atoms with Crippen molar-refractivity contribution in [2.75, 3.05) is 4.90 Å². The molecule has 0 fully saturated rings. The molecule has 0 aliphatic rings. The Morgan fingerprint density at radius 1 is 0.289 bits per heavy atom. The second-order valence-corrected chi connectivity index (χ2v) is 11.8. The fourth-order valence-corrected chi connectivity index (χ4v) is 7.57. The van der Waals surface area contributed by atoms with E-state index in [2.05, 4.69) is 177 Å². The number of benzene rings is 7. The third-order valence-corrected chi connectivity index (χ3v) is 9.41. The molecule has 0 radical (unpaired) electrons. The van der Waals surface area contributed by atoms with E-state index < -0.39 is 0 Å². The molecule has 3 nitrogen and oxygen atoms in total. The van der Waals surface area contributed by atoms with Gasteiger partial charge in [-0.25, -0.2) is 0 Å². The molecular weight excluding hydrogens is 546 g/mol. The SMILES string of the molecule is c1ccc(N(c2ccccc2)c2ccc3c(c2)c2ccccc2n2c4ccccc4c4ccc5c6ccccc6n3c5c42)cc1. The first kappa shape index (κ1) is 24.4. The summed E-state index contributed by atoms with van der Waals surface area (Å²) < 4.78 is 5.01. The minimum absolute atomic E-state index is 1.12. The van der Waals surface area contributed by atoms with E-state index in [4.69, 9.17) is 0 Å². The summed E-state index contributed by atoms with van der Waals surface area (Å²) in [6.45, 7) is 0. The Labute approximate surface area is 259 Å². The average Bonchev–Trinajstić information content (AvgIpc) is 3.62. The molecule has 0 saturated carbocycles. The van der Waals surface area contributed by atoms with E-state index in [-0.39, 0.29) is 0 Å². The van der Waals surface area contributed by atoms with Crippen molar-refractivity contribution >= 4 is 82.5 Å². The zero-order valence-corrected chi connectivity index (χ0v) is 24.4. The number of hydrogen-bond donors (Lipinski definition) is 0. The topological polar surface area (TPSA) is 12.1 Å². The molecule has 0 N–H and O–H groups in total. The molecule has 0 unspecified atom stereocenters. The van der Waals surface area contributed by atoms with Crippen LogP contribution in [0.1, 0.15) is 0 Å². The molecule has 3 heteroatoms. The van der Waals surface area contributed by atoms with Crippen molar-refractivity contribution in [1.82, 2.24) is 8.80 Å². The van der Waals surface area contributed by atoms with E-state index >= 15 is 0 Å². The molecule has 10 aromatic rings. The molecule has 0 saturated heterocycles. The van der Waals surface area contributed by atoms with Crippen molar-refractivity contribution in [3.8, 4) is 0 Å². The summed E-state index contributed by atoms with van der Waals surface area (Å²) in [4.78, 5) is 2.35. The van der Waals surface area contributed by atoms with Gasteiger partial charge in [0, 0.05) is 49.4 Å². The quantitative estimate of drug-likeness (QED) is 0.205. The third-order valence-electron chi connectivity index (χ3n) is 9.41. The van der Waals surface area contributed by atoms with Gasteiger partial charge >= 0.3 is 0 Å². The molecule has 0 atom stereocenters. The second-order valence-electron chi connectivity index (χ2n) is 11.8. The van der Waals surface area contributed by atoms with E-state index in [1.165, 1.54) is 65.4 Å². The third kappa shape index (κ3) is 3.35. The minimum Gasteiger partial charge on any atom is -0.310 e. The number of nitrogens with zero attached hydrogens (tertiary/aromatic N) is 3. The molecular formula is C42H27N3. The van der Waals surface area contributed by atoms with E-state index in [9.17, 15) is 0 Å². The van der Waals surface area contributed by atoms with Crippen LogP contribution in [0.25, 0.3) is 65.4 Å². The summed E-state index contributed by atoms with van der Waals surface area (Å²) in [7, 11) is 0. The van der Waals surface area contributed by atoms with Crippen LogP contribution in [0.3, 0.4) is 0 Å². The first-order valence-electron chi connectivity index (χ1n) is 15.5. The highest BCUT2D eigenvalue weighted by Gasteiger charge is 2.21. The van der Waals surface area contributed by atoms with Gasteiger partial charge in [0.05, 0.1) is 33.1 Å². The van der Waals surface area contributed by atoms with Crippen molar-refractivity contribution in [2.45, 2.75) is 0 Å². The van der Waals surface area contributed by atoms with Gasteiger partial charge in [-0.3, -0.25) is 0 Å². The molecule has 210 valence electrons. The fourth-order valence-electron chi connectivity index (χ4n) is 7.57. The maximum Gasteiger partial charge on any atom is 0.0789 e. The first-order valence-corrected chi connectivity index (χ1v) is 15.5. The van der Waals surface area contributed by atoms with Gasteiger partial charge in [0.25, 0.3) is 0 Å². The lowest BCUT2D eigenvalue weighted by Gasteiger charge is -2.26. The van der Waals surface area contributed by atoms with Crippen molar-refractivity contribution in [3.63, 3.8) is 0 Å². The van der Waals surface area contributed by atoms with Gasteiger partial charge in [-0.15, -0.1) is 0 Å². The van der Waals surface area contributed by atoms with Crippen LogP contribution in [0, 0.1) is 0 Å². The number of rotatable bonds is 3. The molecule has 0 aliphatic carbocycles. The zero-order chi connectivity index (χ0) is 29.5. The van der Waals surface area contributed by atoms with Gasteiger partial charge in [0.1, 0.15) is 0 Å². The van der Waals surface area contributed by atoms with E-state index in [0.29, 0.717) is 0 Å². The number of hydrogen-bond acceptors (Lipinski definition) is 1. The number of fused-ring (bicyclic) bond motifs is 11. The van der Waals surface area contributed by atoms with Gasteiger partial charge in [0.2, 0.25) is 0 Å². The predicted octanol–water partition coefficient (Wildman–Crippen LogP) is 11.4. The number of aromatic nitrogens is 2. The molecule has 7 aromatic carbocycles. The Morgan fingerprint density at radius 2 is 0.689 bits per heavy atom. The lowest BCUT2D eigenvalue weighted by molar-refractivity contribution is 1.28. The van der Waals surface area contributed by atoms with Crippen molar-refractivity contribution < 1.29 is 0 Å². The van der Waals surface area contributed by atoms with Gasteiger partial charge in [-0.2, -0.15) is 0 Å². The minimum atomic E-state index is 1.12. The summed E-state index contributed by atoms with van der Waals surface area (Å²) in [5.74, 6) is 0. The molecule has 0 bridgehead atoms. The normalized spacial score (nSPS) is 12.0. The average molecular weight is 574 g/mol. The Balaban J connectivity index is 1.47. The Morgan fingerprint density at radius 3 is 1.18 bits per heavy atom. The standard InChI is InChI=1S/C42H27N3/c1-3-13-28(14-4-1)43(29-15-5-2-6-16-29)30-23-26-40-36(27-30)33-19-9-12-22-39(33)44-37-20-10-7-17-31(37)34-24-25-35-32-18-8-11-21-38(32)45(40)42(35)41(34)44/h1-27H. The summed E-state index contributed by atoms with van der Waals surface area (Å²) in [6.07, 6.45) is 0. The molecule has 3 aromatic heterocycles. The summed E-state index contributed by atoms with van der Waals surface area (Å²) in [5, 5.41) is 7.49. The van der Waals surface area contributed by atoms with E-state index in [1.807, 2.05) is 0 Å². The molecule has 0 aliphatic heterocycles. The highest BCUT2D eigenvalue weighted by molar-refractivity contribution is 6.25. The van der Waals surface area contributed by atoms with Gasteiger partial charge in [0.15, 0.2) is 0 Å². The lowest BCUT2D eigenvalue weighted by Crippen LogP contribution is -2.09. The monoisotopic (exact) mass is 573 g/mol. The van der Waals surface area contributed by atoms with Crippen LogP contribution in [0.15, 0.2) is 164 Å². The lowest BCUT2D eigenvalue weighted by atomic mass is 10.1. The number of anilines is 3. The first-order chi connectivity index (χ1) is 22.4. The largest absolute Gasteiger partial charge is 0.310 e. The molecule has 0 spiro atoms. The van der Waals surface area contributed by atoms with Crippen LogP contribution >= 0.6 is 0 Å². The van der Waals surface area contributed by atoms with Crippen LogP contribution in [-0.4, -0.2) is 8.80 Å². The predicted molar refractivity (Wildman–Crippen MR) is 191 cm³/mol. The number of para-hydroxylation sites is 5. The van der Waals surface area contributed by atoms with Gasteiger partial charge in [-0.1, -0.05) is 103 Å². The van der Waals surface area contributed by atoms with Gasteiger partial charge < -0.3 is 13.7 Å². The molecule has 10 rings (SSSR count). The van der Waals surface area contributed by atoms with Crippen LogP contribution in [0.2, 0.25) is 0 Å². The summed E-state index contributed by atoms with van der Waals surface area (Å²) in [6, 6.07) is 59.5. The highest BCUT2D eigenvalue weighted by atomic mass is 15.1. The van der Waals surface area contributed by atoms with E-state index in [1.54, 1.807) is 0 Å². The maximum absolute atomic E-state index is 2.51.